The summed E-state index contributed by atoms with van der Waals surface area (Å²) in [6.45, 7) is 10.4. The summed E-state index contributed by atoms with van der Waals surface area (Å²) < 4.78 is 10.5. The zero-order valence-electron chi connectivity index (χ0n) is 16.9. The van der Waals surface area contributed by atoms with E-state index in [9.17, 15) is 4.79 Å². The van der Waals surface area contributed by atoms with E-state index in [4.69, 9.17) is 9.47 Å². The third-order valence-electron chi connectivity index (χ3n) is 3.35. The first-order valence-corrected chi connectivity index (χ1v) is 8.63. The molecule has 1 aromatic rings. The van der Waals surface area contributed by atoms with Crippen LogP contribution in [0.4, 0.5) is 4.79 Å². The molecule has 0 bridgehead atoms. The molecule has 1 rings (SSSR count). The van der Waals surface area contributed by atoms with Gasteiger partial charge in [-0.2, -0.15) is 0 Å². The van der Waals surface area contributed by atoms with Crippen LogP contribution in [0.25, 0.3) is 0 Å². The minimum atomic E-state index is -0.526. The molecule has 0 heterocycles. The topological polar surface area (TPSA) is 84.0 Å². The smallest absolute Gasteiger partial charge is 0.408 e. The number of carbonyl (C=O) groups excluding carboxylic acids is 1. The molecule has 1 amide bonds. The van der Waals surface area contributed by atoms with Gasteiger partial charge in [0.05, 0.1) is 12.6 Å². The van der Waals surface area contributed by atoms with Gasteiger partial charge in [-0.05, 0) is 52.3 Å². The van der Waals surface area contributed by atoms with E-state index in [0.29, 0.717) is 19.0 Å². The number of guanidine groups is 1. The van der Waals surface area contributed by atoms with E-state index in [-0.39, 0.29) is 0 Å². The molecule has 1 aromatic carbocycles. The molecule has 146 valence electrons. The van der Waals surface area contributed by atoms with Gasteiger partial charge in [0.2, 0.25) is 0 Å². The number of methoxy groups -OCH3 is 1. The second-order valence-corrected chi connectivity index (χ2v) is 7.64. The molecule has 7 heteroatoms. The van der Waals surface area contributed by atoms with Crippen LogP contribution in [0.3, 0.4) is 0 Å². The maximum absolute atomic E-state index is 11.9. The summed E-state index contributed by atoms with van der Waals surface area (Å²) in [6, 6.07) is 7.83. The fraction of sp³-hybridized carbons (Fsp3) is 0.579. The predicted molar refractivity (Wildman–Crippen MR) is 105 cm³/mol. The van der Waals surface area contributed by atoms with E-state index in [2.05, 4.69) is 20.9 Å². The Labute approximate surface area is 156 Å². The van der Waals surface area contributed by atoms with Gasteiger partial charge >= 0.3 is 6.09 Å². The molecule has 0 aliphatic heterocycles. The highest BCUT2D eigenvalue weighted by Gasteiger charge is 2.24. The third-order valence-corrected chi connectivity index (χ3v) is 3.35. The molecule has 3 N–H and O–H groups in total. The Hall–Kier alpha value is -2.44. The van der Waals surface area contributed by atoms with Crippen LogP contribution in [0, 0.1) is 0 Å². The van der Waals surface area contributed by atoms with Gasteiger partial charge in [0, 0.05) is 20.1 Å². The zero-order chi connectivity index (χ0) is 19.8. The van der Waals surface area contributed by atoms with Gasteiger partial charge in [0.15, 0.2) is 5.96 Å². The van der Waals surface area contributed by atoms with Crippen molar-refractivity contribution >= 4 is 12.1 Å². The highest BCUT2D eigenvalue weighted by Crippen LogP contribution is 2.12. The van der Waals surface area contributed by atoms with Crippen molar-refractivity contribution in [1.29, 1.82) is 0 Å². The summed E-state index contributed by atoms with van der Waals surface area (Å²) >= 11 is 0. The van der Waals surface area contributed by atoms with Crippen LogP contribution in [-0.2, 0) is 11.3 Å². The van der Waals surface area contributed by atoms with Gasteiger partial charge in [-0.25, -0.2) is 4.79 Å². The molecule has 0 saturated heterocycles. The maximum atomic E-state index is 11.9. The summed E-state index contributed by atoms with van der Waals surface area (Å²) in [5, 5.41) is 9.31. The van der Waals surface area contributed by atoms with Gasteiger partial charge in [-0.15, -0.1) is 0 Å². The number of alkyl carbamates (subject to hydrolysis) is 1. The van der Waals surface area contributed by atoms with E-state index in [1.54, 1.807) is 14.2 Å². The molecule has 0 unspecified atom stereocenters. The number of nitrogens with zero attached hydrogens (tertiary/aromatic N) is 1. The van der Waals surface area contributed by atoms with Crippen molar-refractivity contribution in [2.75, 3.05) is 20.7 Å². The average Bonchev–Trinajstić information content (AvgIpc) is 2.52. The Morgan fingerprint density at radius 2 is 1.85 bits per heavy atom. The van der Waals surface area contributed by atoms with Crippen LogP contribution >= 0.6 is 0 Å². The summed E-state index contributed by atoms with van der Waals surface area (Å²) in [5.74, 6) is 1.46. The number of hydrogen-bond donors (Lipinski definition) is 3. The largest absolute Gasteiger partial charge is 0.497 e. The molecule has 7 nitrogen and oxygen atoms in total. The quantitative estimate of drug-likeness (QED) is 0.534. The second-order valence-electron chi connectivity index (χ2n) is 7.64. The van der Waals surface area contributed by atoms with Crippen LogP contribution in [0.1, 0.15) is 40.2 Å². The Morgan fingerprint density at radius 1 is 1.15 bits per heavy atom. The lowest BCUT2D eigenvalue weighted by Gasteiger charge is -2.29. The van der Waals surface area contributed by atoms with E-state index < -0.39 is 17.2 Å². The molecule has 0 spiro atoms. The molecular formula is C19H32N4O3. The molecule has 0 saturated carbocycles. The fourth-order valence-corrected chi connectivity index (χ4v) is 2.12. The molecule has 0 radical (unpaired) electrons. The Balaban J connectivity index is 2.50. The number of carbonyl (C=O) groups is 1. The third kappa shape index (κ3) is 8.60. The minimum absolute atomic E-state index is 0.441. The van der Waals surface area contributed by atoms with E-state index in [1.807, 2.05) is 58.9 Å². The van der Waals surface area contributed by atoms with Crippen molar-refractivity contribution in [3.05, 3.63) is 29.8 Å². The van der Waals surface area contributed by atoms with Crippen molar-refractivity contribution in [3.8, 4) is 5.75 Å². The zero-order valence-corrected chi connectivity index (χ0v) is 16.9. The van der Waals surface area contributed by atoms with Crippen molar-refractivity contribution in [3.63, 3.8) is 0 Å². The van der Waals surface area contributed by atoms with Gasteiger partial charge in [0.25, 0.3) is 0 Å². The average molecular weight is 364 g/mol. The molecule has 0 atom stereocenters. The first-order chi connectivity index (χ1) is 12.0. The number of hydrogen-bond acceptors (Lipinski definition) is 4. The number of nitrogens with one attached hydrogen (secondary N) is 3. The SMILES string of the molecule is CN=C(NCc1cccc(OC)c1)NCC(C)(C)NC(=O)OC(C)(C)C. The highest BCUT2D eigenvalue weighted by atomic mass is 16.6. The molecular weight excluding hydrogens is 332 g/mol. The van der Waals surface area contributed by atoms with Crippen LogP contribution in [0.15, 0.2) is 29.3 Å². The van der Waals surface area contributed by atoms with Crippen molar-refractivity contribution < 1.29 is 14.3 Å². The van der Waals surface area contributed by atoms with E-state index in [1.165, 1.54) is 0 Å². The van der Waals surface area contributed by atoms with Crippen LogP contribution < -0.4 is 20.7 Å². The monoisotopic (exact) mass is 364 g/mol. The Kier molecular flexibility index (Phi) is 7.74. The molecule has 0 aliphatic rings. The summed E-state index contributed by atoms with van der Waals surface area (Å²) in [4.78, 5) is 16.1. The van der Waals surface area contributed by atoms with Crippen LogP contribution in [0.5, 0.6) is 5.75 Å². The first kappa shape index (κ1) is 21.6. The minimum Gasteiger partial charge on any atom is -0.497 e. The Morgan fingerprint density at radius 3 is 2.42 bits per heavy atom. The Bertz CT molecular complexity index is 621. The lowest BCUT2D eigenvalue weighted by atomic mass is 10.1. The lowest BCUT2D eigenvalue weighted by Crippen LogP contribution is -2.54. The van der Waals surface area contributed by atoms with Gasteiger partial charge in [-0.3, -0.25) is 4.99 Å². The molecule has 0 aliphatic carbocycles. The van der Waals surface area contributed by atoms with Crippen LogP contribution in [0.2, 0.25) is 0 Å². The second kappa shape index (κ2) is 9.31. The van der Waals surface area contributed by atoms with Gasteiger partial charge in [0.1, 0.15) is 11.4 Å². The van der Waals surface area contributed by atoms with Crippen LogP contribution in [-0.4, -0.2) is 43.9 Å². The summed E-state index contributed by atoms with van der Waals surface area (Å²) in [7, 11) is 3.35. The number of amides is 1. The van der Waals surface area contributed by atoms with Crippen molar-refractivity contribution in [1.82, 2.24) is 16.0 Å². The molecule has 0 fully saturated rings. The van der Waals surface area contributed by atoms with Crippen molar-refractivity contribution in [2.24, 2.45) is 4.99 Å². The molecule has 26 heavy (non-hydrogen) atoms. The maximum Gasteiger partial charge on any atom is 0.408 e. The number of rotatable bonds is 6. The predicted octanol–water partition coefficient (Wildman–Crippen LogP) is 2.66. The van der Waals surface area contributed by atoms with Gasteiger partial charge < -0.3 is 25.4 Å². The fourth-order valence-electron chi connectivity index (χ4n) is 2.12. The lowest BCUT2D eigenvalue weighted by molar-refractivity contribution is 0.0474. The van der Waals surface area contributed by atoms with E-state index >= 15 is 0 Å². The summed E-state index contributed by atoms with van der Waals surface area (Å²) in [5.41, 5.74) is 0.0520. The highest BCUT2D eigenvalue weighted by molar-refractivity contribution is 5.79. The molecule has 0 aromatic heterocycles. The van der Waals surface area contributed by atoms with Crippen molar-refractivity contribution in [2.45, 2.75) is 52.3 Å². The number of benzene rings is 1. The number of aliphatic imine (C=N–C) groups is 1. The summed E-state index contributed by atoms with van der Waals surface area (Å²) in [6.07, 6.45) is -0.441. The van der Waals surface area contributed by atoms with E-state index in [0.717, 1.165) is 11.3 Å². The number of ether oxygens (including phenoxy) is 2. The standard InChI is InChI=1S/C19H32N4O3/c1-18(2,3)26-17(24)23-19(4,5)13-22-16(20-6)21-12-14-9-8-10-15(11-14)25-7/h8-11H,12-13H2,1-7H3,(H,23,24)(H2,20,21,22). The van der Waals surface area contributed by atoms with Gasteiger partial charge in [-0.1, -0.05) is 12.1 Å². The first-order valence-electron chi connectivity index (χ1n) is 8.63. The normalized spacial score (nSPS) is 12.3.